The van der Waals surface area contributed by atoms with Gasteiger partial charge < -0.3 is 19.7 Å². The fraction of sp³-hybridized carbons (Fsp3) is 0.667. The van der Waals surface area contributed by atoms with Gasteiger partial charge in [0, 0.05) is 19.1 Å². The molecule has 2 N–H and O–H groups in total. The molecule has 0 aliphatic heterocycles. The summed E-state index contributed by atoms with van der Waals surface area (Å²) in [6.45, 7) is 3.79. The van der Waals surface area contributed by atoms with Crippen molar-refractivity contribution in [3.8, 4) is 0 Å². The molecule has 80 valence electrons. The van der Waals surface area contributed by atoms with Gasteiger partial charge in [0.2, 0.25) is 5.88 Å². The monoisotopic (exact) mass is 200 g/mol. The van der Waals surface area contributed by atoms with Crippen LogP contribution in [-0.2, 0) is 9.47 Å². The number of hydrogen-bond donors (Lipinski definition) is 1. The van der Waals surface area contributed by atoms with Crippen LogP contribution in [0.3, 0.4) is 0 Å². The van der Waals surface area contributed by atoms with Crippen molar-refractivity contribution >= 4 is 5.88 Å². The minimum atomic E-state index is 0.188. The second kappa shape index (κ2) is 5.62. The number of hydrogen-bond acceptors (Lipinski definition) is 5. The summed E-state index contributed by atoms with van der Waals surface area (Å²) >= 11 is 0. The van der Waals surface area contributed by atoms with Crippen molar-refractivity contribution in [3.05, 3.63) is 11.8 Å². The molecule has 0 bridgehead atoms. The van der Waals surface area contributed by atoms with Gasteiger partial charge in [-0.1, -0.05) is 12.1 Å². The predicted molar refractivity (Wildman–Crippen MR) is 52.0 cm³/mol. The molecule has 0 saturated carbocycles. The number of aromatic nitrogens is 1. The largest absolute Gasteiger partial charge is 0.382 e. The van der Waals surface area contributed by atoms with Gasteiger partial charge in [0.05, 0.1) is 25.5 Å². The summed E-state index contributed by atoms with van der Waals surface area (Å²) < 4.78 is 15.0. The van der Waals surface area contributed by atoms with Crippen molar-refractivity contribution < 1.29 is 14.0 Å². The highest BCUT2D eigenvalue weighted by molar-refractivity contribution is 5.25. The first kappa shape index (κ1) is 11.0. The fourth-order valence-corrected chi connectivity index (χ4v) is 1.02. The Bertz CT molecular complexity index is 262. The van der Waals surface area contributed by atoms with Crippen LogP contribution in [0, 0.1) is 0 Å². The molecular weight excluding hydrogens is 184 g/mol. The Labute approximate surface area is 83.2 Å². The number of methoxy groups -OCH3 is 1. The van der Waals surface area contributed by atoms with Crippen LogP contribution in [0.5, 0.6) is 0 Å². The van der Waals surface area contributed by atoms with Gasteiger partial charge in [0.15, 0.2) is 0 Å². The molecule has 1 aromatic heterocycles. The zero-order valence-corrected chi connectivity index (χ0v) is 8.53. The second-order valence-electron chi connectivity index (χ2n) is 3.12. The first-order valence-corrected chi connectivity index (χ1v) is 4.52. The van der Waals surface area contributed by atoms with Crippen molar-refractivity contribution in [2.75, 3.05) is 32.7 Å². The van der Waals surface area contributed by atoms with Gasteiger partial charge in [-0.05, 0) is 0 Å². The van der Waals surface area contributed by atoms with E-state index in [0.717, 1.165) is 5.69 Å². The standard InChI is InChI=1S/C9H16N2O3/c1-7(6-13-4-3-12-2)8-5-9(10)14-11-8/h5,7H,3-4,6,10H2,1-2H3. The lowest BCUT2D eigenvalue weighted by atomic mass is 10.1. The molecule has 1 rings (SSSR count). The smallest absolute Gasteiger partial charge is 0.222 e. The third kappa shape index (κ3) is 3.35. The molecule has 14 heavy (non-hydrogen) atoms. The molecule has 1 unspecified atom stereocenters. The Kier molecular flexibility index (Phi) is 4.42. The zero-order chi connectivity index (χ0) is 10.4. The van der Waals surface area contributed by atoms with Crippen LogP contribution in [0.4, 0.5) is 5.88 Å². The molecule has 0 aliphatic carbocycles. The second-order valence-corrected chi connectivity index (χ2v) is 3.12. The van der Waals surface area contributed by atoms with Crippen LogP contribution in [0.1, 0.15) is 18.5 Å². The maximum absolute atomic E-state index is 5.40. The lowest BCUT2D eigenvalue weighted by molar-refractivity contribution is 0.0641. The number of rotatable bonds is 6. The fourth-order valence-electron chi connectivity index (χ4n) is 1.02. The average molecular weight is 200 g/mol. The Morgan fingerprint density at radius 3 is 2.93 bits per heavy atom. The number of nitrogens with zero attached hydrogens (tertiary/aromatic N) is 1. The Balaban J connectivity index is 2.25. The van der Waals surface area contributed by atoms with Crippen LogP contribution >= 0.6 is 0 Å². The van der Waals surface area contributed by atoms with Crippen molar-refractivity contribution in [2.45, 2.75) is 12.8 Å². The molecule has 1 aromatic rings. The molecule has 5 nitrogen and oxygen atoms in total. The van der Waals surface area contributed by atoms with E-state index in [1.165, 1.54) is 0 Å². The van der Waals surface area contributed by atoms with Crippen LogP contribution in [0.25, 0.3) is 0 Å². The van der Waals surface area contributed by atoms with Gasteiger partial charge in [-0.25, -0.2) is 0 Å². The highest BCUT2D eigenvalue weighted by atomic mass is 16.5. The van der Waals surface area contributed by atoms with E-state index in [1.54, 1.807) is 13.2 Å². The van der Waals surface area contributed by atoms with E-state index in [4.69, 9.17) is 19.7 Å². The molecule has 0 aliphatic rings. The molecule has 0 radical (unpaired) electrons. The van der Waals surface area contributed by atoms with Gasteiger partial charge in [-0.3, -0.25) is 0 Å². The van der Waals surface area contributed by atoms with E-state index in [0.29, 0.717) is 25.7 Å². The van der Waals surface area contributed by atoms with Crippen LogP contribution in [-0.4, -0.2) is 32.1 Å². The van der Waals surface area contributed by atoms with Gasteiger partial charge in [-0.15, -0.1) is 0 Å². The molecule has 0 amide bonds. The number of nitrogens with two attached hydrogens (primary N) is 1. The third-order valence-corrected chi connectivity index (χ3v) is 1.85. The quantitative estimate of drug-likeness (QED) is 0.694. The summed E-state index contributed by atoms with van der Waals surface area (Å²) in [5.74, 6) is 0.525. The average Bonchev–Trinajstić information content (AvgIpc) is 2.59. The topological polar surface area (TPSA) is 70.5 Å². The molecule has 0 aromatic carbocycles. The van der Waals surface area contributed by atoms with E-state index in [2.05, 4.69) is 5.16 Å². The summed E-state index contributed by atoms with van der Waals surface area (Å²) in [5.41, 5.74) is 6.22. The van der Waals surface area contributed by atoms with E-state index >= 15 is 0 Å². The molecular formula is C9H16N2O3. The number of nitrogen functional groups attached to an aromatic ring is 1. The van der Waals surface area contributed by atoms with Gasteiger partial charge in [0.1, 0.15) is 0 Å². The van der Waals surface area contributed by atoms with Crippen molar-refractivity contribution in [1.82, 2.24) is 5.16 Å². The van der Waals surface area contributed by atoms with Crippen molar-refractivity contribution in [1.29, 1.82) is 0 Å². The summed E-state index contributed by atoms with van der Waals surface area (Å²) in [7, 11) is 1.64. The van der Waals surface area contributed by atoms with E-state index in [1.807, 2.05) is 6.92 Å². The lowest BCUT2D eigenvalue weighted by Gasteiger charge is -2.07. The lowest BCUT2D eigenvalue weighted by Crippen LogP contribution is -2.08. The van der Waals surface area contributed by atoms with Gasteiger partial charge in [0.25, 0.3) is 0 Å². The maximum Gasteiger partial charge on any atom is 0.222 e. The van der Waals surface area contributed by atoms with Crippen LogP contribution < -0.4 is 5.73 Å². The highest BCUT2D eigenvalue weighted by Crippen LogP contribution is 2.16. The molecule has 5 heteroatoms. The van der Waals surface area contributed by atoms with Gasteiger partial charge in [-0.2, -0.15) is 0 Å². The highest BCUT2D eigenvalue weighted by Gasteiger charge is 2.10. The third-order valence-electron chi connectivity index (χ3n) is 1.85. The normalized spacial score (nSPS) is 13.0. The Hall–Kier alpha value is -1.07. The minimum absolute atomic E-state index is 0.188. The van der Waals surface area contributed by atoms with E-state index in [-0.39, 0.29) is 5.92 Å². The van der Waals surface area contributed by atoms with E-state index in [9.17, 15) is 0 Å². The Morgan fingerprint density at radius 1 is 1.57 bits per heavy atom. The molecule has 0 spiro atoms. The molecule has 1 atom stereocenters. The predicted octanol–water partition coefficient (Wildman–Crippen LogP) is 1.02. The molecule has 1 heterocycles. The first-order chi connectivity index (χ1) is 6.74. The summed E-state index contributed by atoms with van der Waals surface area (Å²) in [4.78, 5) is 0. The SMILES string of the molecule is COCCOCC(C)c1cc(N)on1. The van der Waals surface area contributed by atoms with E-state index < -0.39 is 0 Å². The summed E-state index contributed by atoms with van der Waals surface area (Å²) in [6, 6.07) is 1.71. The number of ether oxygens (including phenoxy) is 2. The number of anilines is 1. The Morgan fingerprint density at radius 2 is 2.36 bits per heavy atom. The maximum atomic E-state index is 5.40. The molecule has 0 saturated heterocycles. The van der Waals surface area contributed by atoms with Crippen LogP contribution in [0.2, 0.25) is 0 Å². The van der Waals surface area contributed by atoms with Crippen molar-refractivity contribution in [3.63, 3.8) is 0 Å². The zero-order valence-electron chi connectivity index (χ0n) is 8.53. The minimum Gasteiger partial charge on any atom is -0.382 e. The summed E-state index contributed by atoms with van der Waals surface area (Å²) in [6.07, 6.45) is 0. The first-order valence-electron chi connectivity index (χ1n) is 4.52. The van der Waals surface area contributed by atoms with Crippen LogP contribution in [0.15, 0.2) is 10.6 Å². The summed E-state index contributed by atoms with van der Waals surface area (Å²) in [5, 5.41) is 3.80. The molecule has 0 fully saturated rings. The van der Waals surface area contributed by atoms with Gasteiger partial charge >= 0.3 is 0 Å². The van der Waals surface area contributed by atoms with Crippen molar-refractivity contribution in [2.24, 2.45) is 0 Å².